The van der Waals surface area contributed by atoms with E-state index in [0.29, 0.717) is 35.7 Å². The number of oxazole rings is 1. The van der Waals surface area contributed by atoms with Gasteiger partial charge in [-0.2, -0.15) is 5.10 Å². The van der Waals surface area contributed by atoms with Crippen molar-refractivity contribution in [2.75, 3.05) is 18.4 Å². The van der Waals surface area contributed by atoms with E-state index in [2.05, 4.69) is 20.7 Å². The second-order valence-corrected chi connectivity index (χ2v) is 9.46. The number of hydrogen-bond donors (Lipinski definition) is 3. The average Bonchev–Trinajstić information content (AvgIpc) is 3.38. The smallest absolute Gasteiger partial charge is 0.277 e. The number of halogens is 1. The molecular weight excluding hydrogens is 437 g/mol. The fraction of sp³-hybridized carbons (Fsp3) is 0.320. The monoisotopic (exact) mass is 463 g/mol. The summed E-state index contributed by atoms with van der Waals surface area (Å²) in [4.78, 5) is 17.3. The fourth-order valence-corrected chi connectivity index (χ4v) is 4.09. The number of anilines is 1. The van der Waals surface area contributed by atoms with Crippen LogP contribution in [0.1, 0.15) is 35.5 Å². The molecule has 3 heterocycles. The number of alkyl halides is 1. The van der Waals surface area contributed by atoms with Gasteiger partial charge < -0.3 is 20.2 Å². The quantitative estimate of drug-likeness (QED) is 0.402. The van der Waals surface area contributed by atoms with Crippen LogP contribution < -0.4 is 10.6 Å². The molecule has 0 saturated carbocycles. The number of aromatic nitrogens is 3. The van der Waals surface area contributed by atoms with Gasteiger partial charge in [-0.1, -0.05) is 17.7 Å². The molecule has 0 atom stereocenters. The maximum absolute atomic E-state index is 14.5. The first-order chi connectivity index (χ1) is 16.1. The highest BCUT2D eigenvalue weighted by molar-refractivity contribution is 6.04. The maximum atomic E-state index is 14.5. The van der Waals surface area contributed by atoms with Crippen molar-refractivity contribution >= 4 is 22.5 Å². The molecule has 0 radical (unpaired) electrons. The molecule has 1 fully saturated rings. The van der Waals surface area contributed by atoms with Crippen LogP contribution in [-0.2, 0) is 12.1 Å². The number of rotatable bonds is 6. The third kappa shape index (κ3) is 4.32. The second-order valence-electron chi connectivity index (χ2n) is 9.46. The first-order valence-corrected chi connectivity index (χ1v) is 11.1. The summed E-state index contributed by atoms with van der Waals surface area (Å²) in [6, 6.07) is 11.1. The lowest BCUT2D eigenvalue weighted by Gasteiger charge is -2.34. The van der Waals surface area contributed by atoms with Crippen molar-refractivity contribution < 1.29 is 18.7 Å². The number of nitrogens with one attached hydrogen (secondary N) is 2. The van der Waals surface area contributed by atoms with Crippen LogP contribution in [0.5, 0.6) is 0 Å². The van der Waals surface area contributed by atoms with Crippen molar-refractivity contribution in [1.29, 1.82) is 0 Å². The van der Waals surface area contributed by atoms with Crippen LogP contribution in [0.3, 0.4) is 0 Å². The molecule has 9 heteroatoms. The van der Waals surface area contributed by atoms with E-state index in [-0.39, 0.29) is 12.2 Å². The largest absolute Gasteiger partial charge is 0.444 e. The zero-order valence-corrected chi connectivity index (χ0v) is 19.2. The van der Waals surface area contributed by atoms with Gasteiger partial charge in [0.25, 0.3) is 5.91 Å². The number of carbonyl (C=O) groups excluding carboxylic acids is 1. The molecule has 0 spiro atoms. The van der Waals surface area contributed by atoms with Gasteiger partial charge in [-0.05, 0) is 45.0 Å². The number of aliphatic hydroxyl groups is 1. The van der Waals surface area contributed by atoms with E-state index in [1.54, 1.807) is 36.9 Å². The minimum absolute atomic E-state index is 0.117. The first kappa shape index (κ1) is 22.2. The van der Waals surface area contributed by atoms with Crippen molar-refractivity contribution in [3.8, 4) is 11.5 Å². The molecule has 176 valence electrons. The van der Waals surface area contributed by atoms with Crippen molar-refractivity contribution in [3.05, 3.63) is 65.7 Å². The van der Waals surface area contributed by atoms with Crippen molar-refractivity contribution in [1.82, 2.24) is 20.1 Å². The third-order valence-electron chi connectivity index (χ3n) is 5.93. The summed E-state index contributed by atoms with van der Waals surface area (Å²) in [5, 5.41) is 21.7. The number of carbonyl (C=O) groups is 1. The molecule has 34 heavy (non-hydrogen) atoms. The van der Waals surface area contributed by atoms with Gasteiger partial charge in [-0.15, -0.1) is 0 Å². The van der Waals surface area contributed by atoms with E-state index >= 15 is 0 Å². The Labute approximate surface area is 195 Å². The predicted molar refractivity (Wildman–Crippen MR) is 126 cm³/mol. The zero-order chi connectivity index (χ0) is 24.1. The number of benzene rings is 2. The third-order valence-corrected chi connectivity index (χ3v) is 5.93. The van der Waals surface area contributed by atoms with Crippen LogP contribution >= 0.6 is 0 Å². The second kappa shape index (κ2) is 8.03. The minimum Gasteiger partial charge on any atom is -0.444 e. The summed E-state index contributed by atoms with van der Waals surface area (Å²) in [5.74, 6) is -0.123. The molecule has 0 aliphatic carbocycles. The van der Waals surface area contributed by atoms with Gasteiger partial charge in [-0.3, -0.25) is 9.48 Å². The molecule has 1 saturated heterocycles. The molecule has 4 aromatic rings. The van der Waals surface area contributed by atoms with Crippen molar-refractivity contribution in [3.63, 3.8) is 0 Å². The van der Waals surface area contributed by atoms with E-state index in [4.69, 9.17) is 4.42 Å². The summed E-state index contributed by atoms with van der Waals surface area (Å²) >= 11 is 0. The summed E-state index contributed by atoms with van der Waals surface area (Å²) in [6.45, 7) is 5.94. The number of amides is 1. The zero-order valence-electron chi connectivity index (χ0n) is 19.2. The minimum atomic E-state index is -1.32. The first-order valence-electron chi connectivity index (χ1n) is 11.1. The van der Waals surface area contributed by atoms with Crippen molar-refractivity contribution in [2.45, 2.75) is 38.6 Å². The van der Waals surface area contributed by atoms with E-state index < -0.39 is 17.2 Å². The van der Waals surface area contributed by atoms with Gasteiger partial charge in [0.2, 0.25) is 5.89 Å². The molecule has 1 aliphatic heterocycles. The molecule has 0 bridgehead atoms. The number of aryl methyl sites for hydroxylation is 1. The van der Waals surface area contributed by atoms with Gasteiger partial charge in [-0.25, -0.2) is 9.37 Å². The average molecular weight is 464 g/mol. The van der Waals surface area contributed by atoms with E-state index in [9.17, 15) is 14.3 Å². The number of nitrogens with zero attached hydrogens (tertiary/aromatic N) is 3. The van der Waals surface area contributed by atoms with Crippen LogP contribution in [0.2, 0.25) is 0 Å². The Kier molecular flexibility index (Phi) is 5.26. The Morgan fingerprint density at radius 2 is 2.12 bits per heavy atom. The summed E-state index contributed by atoms with van der Waals surface area (Å²) in [6.07, 6.45) is 3.05. The van der Waals surface area contributed by atoms with Crippen molar-refractivity contribution in [2.24, 2.45) is 0 Å². The van der Waals surface area contributed by atoms with Gasteiger partial charge in [0.05, 0.1) is 17.7 Å². The van der Waals surface area contributed by atoms with Crippen LogP contribution in [0, 0.1) is 6.92 Å². The number of fused-ring (bicyclic) bond motifs is 1. The Morgan fingerprint density at radius 1 is 1.32 bits per heavy atom. The predicted octanol–water partition coefficient (Wildman–Crippen LogP) is 3.79. The molecule has 3 N–H and O–H groups in total. The Hall–Kier alpha value is -3.56. The lowest BCUT2D eigenvalue weighted by Crippen LogP contribution is -2.58. The van der Waals surface area contributed by atoms with Gasteiger partial charge in [0, 0.05) is 41.5 Å². The standard InChI is InChI=1S/C25H26FN5O3/c1-15-5-4-6-16(7-15)23-29-21(11-34-23)22(32)28-20-8-17-10-31(14-25(26)12-27-13-25)30-19(17)9-18(20)24(2,3)33/h4-11,27,33H,12-14H2,1-3H3,(H,28,32). The molecule has 8 nitrogen and oxygen atoms in total. The van der Waals surface area contributed by atoms with Gasteiger partial charge in [0.15, 0.2) is 11.4 Å². The molecule has 1 amide bonds. The lowest BCUT2D eigenvalue weighted by molar-refractivity contribution is 0.0664. The Balaban J connectivity index is 1.44. The summed E-state index contributed by atoms with van der Waals surface area (Å²) in [5.41, 5.74) is 0.886. The van der Waals surface area contributed by atoms with Gasteiger partial charge in [0.1, 0.15) is 6.26 Å². The maximum Gasteiger partial charge on any atom is 0.277 e. The van der Waals surface area contributed by atoms with E-state index in [0.717, 1.165) is 16.5 Å². The summed E-state index contributed by atoms with van der Waals surface area (Å²) in [7, 11) is 0. The highest BCUT2D eigenvalue weighted by Gasteiger charge is 2.37. The topological polar surface area (TPSA) is 105 Å². The number of hydrogen-bond acceptors (Lipinski definition) is 6. The molecule has 1 aliphatic rings. The van der Waals surface area contributed by atoms with E-state index in [1.165, 1.54) is 6.26 Å². The highest BCUT2D eigenvalue weighted by atomic mass is 19.1. The molecule has 2 aromatic heterocycles. The molecule has 5 rings (SSSR count). The van der Waals surface area contributed by atoms with Crippen LogP contribution in [-0.4, -0.2) is 44.5 Å². The molecule has 2 aromatic carbocycles. The fourth-order valence-electron chi connectivity index (χ4n) is 4.09. The van der Waals surface area contributed by atoms with E-state index in [1.807, 2.05) is 31.2 Å². The van der Waals surface area contributed by atoms with Crippen LogP contribution in [0.15, 0.2) is 53.3 Å². The highest BCUT2D eigenvalue weighted by Crippen LogP contribution is 2.33. The Bertz CT molecular complexity index is 1380. The Morgan fingerprint density at radius 3 is 2.79 bits per heavy atom. The van der Waals surface area contributed by atoms with Gasteiger partial charge >= 0.3 is 0 Å². The lowest BCUT2D eigenvalue weighted by atomic mass is 9.95. The summed E-state index contributed by atoms with van der Waals surface area (Å²) < 4.78 is 21.6. The normalized spacial score (nSPS) is 15.3. The van der Waals surface area contributed by atoms with Crippen LogP contribution in [0.25, 0.3) is 22.4 Å². The molecule has 0 unspecified atom stereocenters. The van der Waals surface area contributed by atoms with Crippen LogP contribution in [0.4, 0.5) is 10.1 Å². The molecular formula is C25H26FN5O3. The SMILES string of the molecule is Cc1cccc(-c2nc(C(=O)Nc3cc4cn(CC5(F)CNC5)nc4cc3C(C)(C)O)co2)c1.